The van der Waals surface area contributed by atoms with E-state index in [-0.39, 0.29) is 18.9 Å². The van der Waals surface area contributed by atoms with Crippen LogP contribution in [0.1, 0.15) is 0 Å². The summed E-state index contributed by atoms with van der Waals surface area (Å²) < 4.78 is 33.8. The molecule has 0 atom stereocenters. The van der Waals surface area contributed by atoms with Crippen molar-refractivity contribution >= 4 is 10.0 Å². The fourth-order valence-corrected chi connectivity index (χ4v) is 3.29. The highest BCUT2D eigenvalue weighted by atomic mass is 32.2. The summed E-state index contributed by atoms with van der Waals surface area (Å²) in [5.41, 5.74) is 2.09. The van der Waals surface area contributed by atoms with Crippen LogP contribution in [0, 0.1) is 0 Å². The number of hydrogen-bond acceptors (Lipinski definition) is 4. The summed E-state index contributed by atoms with van der Waals surface area (Å²) in [6, 6.07) is 19.1. The number of aromatic nitrogens is 2. The van der Waals surface area contributed by atoms with Crippen LogP contribution in [0.4, 0.5) is 0 Å². The Morgan fingerprint density at radius 1 is 0.962 bits per heavy atom. The summed E-state index contributed by atoms with van der Waals surface area (Å²) in [5.74, 6) is 0.573. The lowest BCUT2D eigenvalue weighted by molar-refractivity contribution is 0.340. The molecule has 1 N–H and O–H groups in total. The van der Waals surface area contributed by atoms with E-state index in [1.807, 2.05) is 54.7 Å². The van der Waals surface area contributed by atoms with Crippen LogP contribution in [0.3, 0.4) is 0 Å². The third-order valence-corrected chi connectivity index (χ3v) is 5.12. The molecule has 0 bridgehead atoms. The van der Waals surface area contributed by atoms with Gasteiger partial charge in [0.1, 0.15) is 12.4 Å². The molecule has 6 nitrogen and oxygen atoms in total. The quantitative estimate of drug-likeness (QED) is 0.627. The number of sulfonamides is 1. The minimum atomic E-state index is -3.38. The van der Waals surface area contributed by atoms with E-state index in [2.05, 4.69) is 9.82 Å². The number of ether oxygens (including phenoxy) is 1. The fourth-order valence-electron chi connectivity index (χ4n) is 2.44. The maximum Gasteiger partial charge on any atom is 0.215 e. The van der Waals surface area contributed by atoms with Gasteiger partial charge in [0.25, 0.3) is 0 Å². The van der Waals surface area contributed by atoms with Gasteiger partial charge in [-0.3, -0.25) is 4.68 Å². The van der Waals surface area contributed by atoms with E-state index in [1.54, 1.807) is 23.0 Å². The third-order valence-electron chi connectivity index (χ3n) is 3.77. The minimum Gasteiger partial charge on any atom is -0.492 e. The predicted molar refractivity (Wildman–Crippen MR) is 101 cm³/mol. The van der Waals surface area contributed by atoms with Gasteiger partial charge in [-0.05, 0) is 17.7 Å². The molecule has 0 aliphatic heterocycles. The molecule has 0 fully saturated rings. The van der Waals surface area contributed by atoms with E-state index in [0.29, 0.717) is 12.3 Å². The number of nitrogens with one attached hydrogen (secondary N) is 1. The van der Waals surface area contributed by atoms with Gasteiger partial charge >= 0.3 is 0 Å². The molecular formula is C19H21N3O3S. The normalized spacial score (nSPS) is 11.4. The molecule has 0 aliphatic carbocycles. The van der Waals surface area contributed by atoms with Crippen molar-refractivity contribution in [2.24, 2.45) is 0 Å². The summed E-state index contributed by atoms with van der Waals surface area (Å²) >= 11 is 0. The first kappa shape index (κ1) is 18.2. The molecule has 0 saturated carbocycles. The topological polar surface area (TPSA) is 73.2 Å². The second-order valence-electron chi connectivity index (χ2n) is 5.73. The average Bonchev–Trinajstić information content (AvgIpc) is 3.12. The highest BCUT2D eigenvalue weighted by molar-refractivity contribution is 7.89. The van der Waals surface area contributed by atoms with E-state index in [1.165, 1.54) is 0 Å². The number of nitrogens with zero attached hydrogens (tertiary/aromatic N) is 2. The molecule has 3 rings (SSSR count). The third kappa shape index (κ3) is 5.44. The molecule has 0 aliphatic rings. The number of para-hydroxylation sites is 1. The largest absolute Gasteiger partial charge is 0.492 e. The summed E-state index contributed by atoms with van der Waals surface area (Å²) in [6.07, 6.45) is 3.68. The van der Waals surface area contributed by atoms with Crippen LogP contribution in [-0.2, 0) is 16.6 Å². The van der Waals surface area contributed by atoms with Crippen LogP contribution in [0.15, 0.2) is 73.1 Å². The SMILES string of the molecule is O=S(=O)(CCOc1ccccc1)NCCn1cc(-c2ccccc2)cn1. The minimum absolute atomic E-state index is 0.0870. The van der Waals surface area contributed by atoms with Crippen LogP contribution in [-0.4, -0.2) is 37.1 Å². The lowest BCUT2D eigenvalue weighted by Gasteiger charge is -2.08. The monoisotopic (exact) mass is 371 g/mol. The van der Waals surface area contributed by atoms with Crippen LogP contribution < -0.4 is 9.46 Å². The molecule has 26 heavy (non-hydrogen) atoms. The van der Waals surface area contributed by atoms with Crippen molar-refractivity contribution in [2.45, 2.75) is 6.54 Å². The number of benzene rings is 2. The Morgan fingerprint density at radius 3 is 2.38 bits per heavy atom. The van der Waals surface area contributed by atoms with Crippen LogP contribution in [0.25, 0.3) is 11.1 Å². The maximum atomic E-state index is 12.0. The van der Waals surface area contributed by atoms with E-state index in [0.717, 1.165) is 11.1 Å². The zero-order chi connectivity index (χ0) is 18.2. The first-order chi connectivity index (χ1) is 12.6. The van der Waals surface area contributed by atoms with E-state index in [9.17, 15) is 8.42 Å². The van der Waals surface area contributed by atoms with Crippen LogP contribution in [0.5, 0.6) is 5.75 Å². The molecule has 1 aromatic heterocycles. The van der Waals surface area contributed by atoms with Gasteiger partial charge in [-0.2, -0.15) is 5.10 Å². The van der Waals surface area contributed by atoms with Gasteiger partial charge in [0, 0.05) is 18.3 Å². The van der Waals surface area contributed by atoms with E-state index >= 15 is 0 Å². The van der Waals surface area contributed by atoms with Crippen molar-refractivity contribution in [3.05, 3.63) is 73.1 Å². The lowest BCUT2D eigenvalue weighted by Crippen LogP contribution is -2.31. The predicted octanol–water partition coefficient (Wildman–Crippen LogP) is 2.55. The van der Waals surface area contributed by atoms with Gasteiger partial charge in [-0.15, -0.1) is 0 Å². The summed E-state index contributed by atoms with van der Waals surface area (Å²) in [4.78, 5) is 0. The second-order valence-corrected chi connectivity index (χ2v) is 7.66. The van der Waals surface area contributed by atoms with Crippen molar-refractivity contribution in [3.8, 4) is 16.9 Å². The van der Waals surface area contributed by atoms with Gasteiger partial charge in [-0.25, -0.2) is 13.1 Å². The molecule has 0 spiro atoms. The van der Waals surface area contributed by atoms with Crippen molar-refractivity contribution in [1.29, 1.82) is 0 Å². The second kappa shape index (κ2) is 8.64. The van der Waals surface area contributed by atoms with Crippen molar-refractivity contribution in [2.75, 3.05) is 18.9 Å². The smallest absolute Gasteiger partial charge is 0.215 e. The van der Waals surface area contributed by atoms with Gasteiger partial charge in [0.2, 0.25) is 10.0 Å². The van der Waals surface area contributed by atoms with Gasteiger partial charge in [-0.1, -0.05) is 48.5 Å². The molecule has 1 heterocycles. The standard InChI is InChI=1S/C19H21N3O3S/c23-26(24,14-13-25-19-9-5-2-6-10-19)21-11-12-22-16-18(15-20-22)17-7-3-1-4-8-17/h1-10,15-16,21H,11-14H2. The Labute approximate surface area is 153 Å². The van der Waals surface area contributed by atoms with Gasteiger partial charge < -0.3 is 4.74 Å². The van der Waals surface area contributed by atoms with Gasteiger partial charge in [0.15, 0.2) is 0 Å². The molecular weight excluding hydrogens is 350 g/mol. The molecule has 2 aromatic carbocycles. The highest BCUT2D eigenvalue weighted by Gasteiger charge is 2.10. The van der Waals surface area contributed by atoms with Crippen LogP contribution in [0.2, 0.25) is 0 Å². The molecule has 136 valence electrons. The van der Waals surface area contributed by atoms with Crippen LogP contribution >= 0.6 is 0 Å². The maximum absolute atomic E-state index is 12.0. The lowest BCUT2D eigenvalue weighted by atomic mass is 10.1. The van der Waals surface area contributed by atoms with E-state index < -0.39 is 10.0 Å². The van der Waals surface area contributed by atoms with E-state index in [4.69, 9.17) is 4.74 Å². The van der Waals surface area contributed by atoms with Crippen molar-refractivity contribution < 1.29 is 13.2 Å². The first-order valence-electron chi connectivity index (χ1n) is 8.35. The molecule has 0 radical (unpaired) electrons. The molecule has 7 heteroatoms. The average molecular weight is 371 g/mol. The highest BCUT2D eigenvalue weighted by Crippen LogP contribution is 2.17. The Bertz CT molecular complexity index is 909. The summed E-state index contributed by atoms with van der Waals surface area (Å²) in [6.45, 7) is 0.856. The molecule has 0 amide bonds. The Balaban J connectivity index is 1.43. The molecule has 0 unspecified atom stereocenters. The van der Waals surface area contributed by atoms with Crippen molar-refractivity contribution in [3.63, 3.8) is 0 Å². The Kier molecular flexibility index (Phi) is 6.04. The zero-order valence-electron chi connectivity index (χ0n) is 14.3. The Morgan fingerprint density at radius 2 is 1.65 bits per heavy atom. The molecule has 3 aromatic rings. The first-order valence-corrected chi connectivity index (χ1v) is 10.0. The summed E-state index contributed by atoms with van der Waals surface area (Å²) in [5, 5.41) is 4.27. The van der Waals surface area contributed by atoms with Gasteiger partial charge in [0.05, 0.1) is 18.5 Å². The zero-order valence-corrected chi connectivity index (χ0v) is 15.1. The number of hydrogen-bond donors (Lipinski definition) is 1. The number of rotatable bonds is 9. The summed E-state index contributed by atoms with van der Waals surface area (Å²) in [7, 11) is -3.38. The van der Waals surface area contributed by atoms with Crippen molar-refractivity contribution in [1.82, 2.24) is 14.5 Å². The fraction of sp³-hybridized carbons (Fsp3) is 0.211. The molecule has 0 saturated heterocycles. The Hall–Kier alpha value is -2.64.